The van der Waals surface area contributed by atoms with Gasteiger partial charge >= 0.3 is 5.97 Å². The summed E-state index contributed by atoms with van der Waals surface area (Å²) in [6.45, 7) is 0. The molecular weight excluding hydrogens is 275 g/mol. The number of hydrogen-bond donors (Lipinski definition) is 1. The molecule has 0 amide bonds. The third kappa shape index (κ3) is 2.78. The van der Waals surface area contributed by atoms with Gasteiger partial charge in [-0.1, -0.05) is 29.8 Å². The zero-order chi connectivity index (χ0) is 13.1. The lowest BCUT2D eigenvalue weighted by Gasteiger charge is -2.00. The summed E-state index contributed by atoms with van der Waals surface area (Å²) in [6.07, 6.45) is 1.31. The minimum atomic E-state index is -1.11. The van der Waals surface area contributed by atoms with Crippen LogP contribution < -0.4 is 0 Å². The first-order chi connectivity index (χ1) is 8.58. The largest absolute Gasteiger partial charge is 0.478 e. The van der Waals surface area contributed by atoms with Crippen molar-refractivity contribution in [3.05, 3.63) is 57.0 Å². The van der Waals surface area contributed by atoms with E-state index in [1.807, 2.05) is 0 Å². The SMILES string of the molecule is O=C(O)/C(=C\c1ccccc1F)c1ccc(Cl)s1. The zero-order valence-corrected chi connectivity index (χ0v) is 10.6. The molecule has 1 heterocycles. The normalized spacial score (nSPS) is 11.6. The molecule has 2 nitrogen and oxygen atoms in total. The number of rotatable bonds is 3. The summed E-state index contributed by atoms with van der Waals surface area (Å²) in [5, 5.41) is 9.16. The van der Waals surface area contributed by atoms with Gasteiger partial charge in [-0.3, -0.25) is 0 Å². The van der Waals surface area contributed by atoms with Crippen LogP contribution in [-0.2, 0) is 4.79 Å². The van der Waals surface area contributed by atoms with Crippen LogP contribution in [0.4, 0.5) is 4.39 Å². The van der Waals surface area contributed by atoms with Gasteiger partial charge in [0.05, 0.1) is 9.91 Å². The van der Waals surface area contributed by atoms with E-state index in [9.17, 15) is 9.18 Å². The molecule has 0 atom stereocenters. The number of benzene rings is 1. The Hall–Kier alpha value is -1.65. The van der Waals surface area contributed by atoms with Crippen molar-refractivity contribution in [2.75, 3.05) is 0 Å². The molecule has 0 fully saturated rings. The van der Waals surface area contributed by atoms with Crippen LogP contribution >= 0.6 is 22.9 Å². The number of carboxylic acids is 1. The predicted molar refractivity (Wildman–Crippen MR) is 71.2 cm³/mol. The summed E-state index contributed by atoms with van der Waals surface area (Å²) in [5.41, 5.74) is 0.261. The second-order valence-electron chi connectivity index (χ2n) is 3.49. The molecule has 0 saturated heterocycles. The van der Waals surface area contributed by atoms with Crippen molar-refractivity contribution in [3.8, 4) is 0 Å². The number of halogens is 2. The summed E-state index contributed by atoms with van der Waals surface area (Å²) < 4.78 is 14.0. The zero-order valence-electron chi connectivity index (χ0n) is 9.06. The van der Waals surface area contributed by atoms with E-state index < -0.39 is 11.8 Å². The highest BCUT2D eigenvalue weighted by Crippen LogP contribution is 2.29. The van der Waals surface area contributed by atoms with Crippen molar-refractivity contribution in [2.24, 2.45) is 0 Å². The van der Waals surface area contributed by atoms with E-state index in [4.69, 9.17) is 16.7 Å². The lowest BCUT2D eigenvalue weighted by atomic mass is 10.1. The summed E-state index contributed by atoms with van der Waals surface area (Å²) in [6, 6.07) is 9.22. The van der Waals surface area contributed by atoms with Crippen LogP contribution in [0.2, 0.25) is 4.34 Å². The highest BCUT2D eigenvalue weighted by molar-refractivity contribution is 7.17. The smallest absolute Gasteiger partial charge is 0.337 e. The molecule has 0 saturated carbocycles. The van der Waals surface area contributed by atoms with Crippen molar-refractivity contribution in [3.63, 3.8) is 0 Å². The molecule has 0 radical (unpaired) electrons. The van der Waals surface area contributed by atoms with Crippen LogP contribution in [0, 0.1) is 5.82 Å². The Morgan fingerprint density at radius 2 is 2.00 bits per heavy atom. The fraction of sp³-hybridized carbons (Fsp3) is 0. The second-order valence-corrected chi connectivity index (χ2v) is 5.20. The van der Waals surface area contributed by atoms with Gasteiger partial charge in [0, 0.05) is 10.4 Å². The third-order valence-corrected chi connectivity index (χ3v) is 3.54. The van der Waals surface area contributed by atoms with Gasteiger partial charge in [-0.15, -0.1) is 11.3 Å². The van der Waals surface area contributed by atoms with Gasteiger partial charge in [0.25, 0.3) is 0 Å². The van der Waals surface area contributed by atoms with Crippen molar-refractivity contribution in [2.45, 2.75) is 0 Å². The van der Waals surface area contributed by atoms with Gasteiger partial charge in [-0.05, 0) is 24.3 Å². The van der Waals surface area contributed by atoms with Crippen LogP contribution in [0.25, 0.3) is 11.6 Å². The number of carbonyl (C=O) groups is 1. The average Bonchev–Trinajstić information content (AvgIpc) is 2.74. The first-order valence-corrected chi connectivity index (χ1v) is 6.22. The predicted octanol–water partition coefficient (Wildman–Crippen LogP) is 4.17. The summed E-state index contributed by atoms with van der Waals surface area (Å²) >= 11 is 6.91. The van der Waals surface area contributed by atoms with E-state index in [-0.39, 0.29) is 11.1 Å². The molecule has 2 rings (SSSR count). The van der Waals surface area contributed by atoms with Crippen molar-refractivity contribution in [1.29, 1.82) is 0 Å². The number of aliphatic carboxylic acids is 1. The Labute approximate surface area is 112 Å². The molecule has 0 bridgehead atoms. The van der Waals surface area contributed by atoms with Crippen LogP contribution in [0.1, 0.15) is 10.4 Å². The molecule has 1 aromatic carbocycles. The molecule has 0 unspecified atom stereocenters. The van der Waals surface area contributed by atoms with E-state index >= 15 is 0 Å². The average molecular weight is 283 g/mol. The van der Waals surface area contributed by atoms with Gasteiger partial charge in [0.15, 0.2) is 0 Å². The number of hydrogen-bond acceptors (Lipinski definition) is 2. The van der Waals surface area contributed by atoms with Crippen LogP contribution in [0.3, 0.4) is 0 Å². The maximum Gasteiger partial charge on any atom is 0.337 e. The van der Waals surface area contributed by atoms with E-state index in [1.165, 1.54) is 18.2 Å². The molecule has 0 aliphatic rings. The van der Waals surface area contributed by atoms with Crippen molar-refractivity contribution in [1.82, 2.24) is 0 Å². The fourth-order valence-electron chi connectivity index (χ4n) is 1.44. The maximum absolute atomic E-state index is 13.5. The molecule has 2 aromatic rings. The van der Waals surface area contributed by atoms with Gasteiger partial charge in [0.1, 0.15) is 5.82 Å². The highest BCUT2D eigenvalue weighted by Gasteiger charge is 2.13. The van der Waals surface area contributed by atoms with Gasteiger partial charge in [0.2, 0.25) is 0 Å². The van der Waals surface area contributed by atoms with Crippen LogP contribution in [-0.4, -0.2) is 11.1 Å². The van der Waals surface area contributed by atoms with Crippen LogP contribution in [0.5, 0.6) is 0 Å². The molecule has 0 spiro atoms. The van der Waals surface area contributed by atoms with E-state index in [1.54, 1.807) is 24.3 Å². The molecule has 5 heteroatoms. The summed E-state index contributed by atoms with van der Waals surface area (Å²) in [5.74, 6) is -1.57. The monoisotopic (exact) mass is 282 g/mol. The fourth-order valence-corrected chi connectivity index (χ4v) is 2.50. The van der Waals surface area contributed by atoms with E-state index in [0.717, 1.165) is 11.3 Å². The quantitative estimate of drug-likeness (QED) is 0.858. The molecular formula is C13H8ClFO2S. The molecule has 92 valence electrons. The minimum absolute atomic E-state index is 0.0250. The topological polar surface area (TPSA) is 37.3 Å². The number of thiophene rings is 1. The molecule has 1 aromatic heterocycles. The second kappa shape index (κ2) is 5.33. The Bertz CT molecular complexity index is 619. The molecule has 0 aliphatic carbocycles. The van der Waals surface area contributed by atoms with Crippen molar-refractivity contribution < 1.29 is 14.3 Å². The summed E-state index contributed by atoms with van der Waals surface area (Å²) in [7, 11) is 0. The van der Waals surface area contributed by atoms with E-state index in [2.05, 4.69) is 0 Å². The first-order valence-electron chi connectivity index (χ1n) is 5.03. The Balaban J connectivity index is 2.49. The van der Waals surface area contributed by atoms with Crippen LogP contribution in [0.15, 0.2) is 36.4 Å². The number of carboxylic acid groups (broad SMARTS) is 1. The minimum Gasteiger partial charge on any atom is -0.478 e. The highest BCUT2D eigenvalue weighted by atomic mass is 35.5. The summed E-state index contributed by atoms with van der Waals surface area (Å²) in [4.78, 5) is 11.7. The third-order valence-electron chi connectivity index (χ3n) is 2.27. The standard InChI is InChI=1S/C13H8ClFO2S/c14-12-6-5-11(18-12)9(13(16)17)7-8-3-1-2-4-10(8)15/h1-7H,(H,16,17)/b9-7-. The lowest BCUT2D eigenvalue weighted by Crippen LogP contribution is -1.98. The lowest BCUT2D eigenvalue weighted by molar-refractivity contribution is -0.130. The first kappa shape index (κ1) is 12.8. The molecule has 0 aliphatic heterocycles. The van der Waals surface area contributed by atoms with Gasteiger partial charge in [-0.25, -0.2) is 9.18 Å². The van der Waals surface area contributed by atoms with Gasteiger partial charge < -0.3 is 5.11 Å². The van der Waals surface area contributed by atoms with Crippen molar-refractivity contribution >= 4 is 40.6 Å². The Kier molecular flexibility index (Phi) is 3.79. The van der Waals surface area contributed by atoms with E-state index in [0.29, 0.717) is 9.21 Å². The Morgan fingerprint density at radius 3 is 2.56 bits per heavy atom. The molecule has 18 heavy (non-hydrogen) atoms. The Morgan fingerprint density at radius 1 is 1.28 bits per heavy atom. The molecule has 1 N–H and O–H groups in total. The maximum atomic E-state index is 13.5. The van der Waals surface area contributed by atoms with Gasteiger partial charge in [-0.2, -0.15) is 0 Å².